The second-order valence-electron chi connectivity index (χ2n) is 4.00. The van der Waals surface area contributed by atoms with Crippen LogP contribution in [0.25, 0.3) is 10.9 Å². The fourth-order valence-electron chi connectivity index (χ4n) is 1.78. The fourth-order valence-corrected chi connectivity index (χ4v) is 1.78. The summed E-state index contributed by atoms with van der Waals surface area (Å²) in [6.07, 6.45) is 3.38. The van der Waals surface area contributed by atoms with Gasteiger partial charge in [-0.15, -0.1) is 0 Å². The van der Waals surface area contributed by atoms with Crippen LogP contribution in [0.4, 0.5) is 17.3 Å². The average Bonchev–Trinajstić information content (AvgIpc) is 2.76. The molecule has 0 fully saturated rings. The first-order chi connectivity index (χ1) is 8.72. The minimum Gasteiger partial charge on any atom is -0.399 e. The van der Waals surface area contributed by atoms with Gasteiger partial charge < -0.3 is 11.1 Å². The van der Waals surface area contributed by atoms with E-state index in [2.05, 4.69) is 20.4 Å². The van der Waals surface area contributed by atoms with Crippen molar-refractivity contribution in [3.63, 3.8) is 0 Å². The number of fused-ring (bicyclic) bond motifs is 1. The summed E-state index contributed by atoms with van der Waals surface area (Å²) in [6.45, 7) is 0. The summed E-state index contributed by atoms with van der Waals surface area (Å²) in [4.78, 5) is 8.42. The number of benzene rings is 1. The van der Waals surface area contributed by atoms with E-state index in [4.69, 9.17) is 5.73 Å². The molecule has 0 aliphatic heterocycles. The van der Waals surface area contributed by atoms with Crippen LogP contribution in [0.5, 0.6) is 0 Å². The molecule has 0 bridgehead atoms. The quantitative estimate of drug-likeness (QED) is 0.666. The third-order valence-electron chi connectivity index (χ3n) is 2.62. The number of nitrogens with zero attached hydrogens (tertiary/aromatic N) is 4. The SMILES string of the molecule is Cn1ccc(Nc2ncnc3ccc(N)cc23)n1. The molecule has 0 radical (unpaired) electrons. The molecule has 3 N–H and O–H groups in total. The summed E-state index contributed by atoms with van der Waals surface area (Å²) in [6, 6.07) is 7.41. The predicted molar refractivity (Wildman–Crippen MR) is 70.4 cm³/mol. The number of nitrogen functional groups attached to an aromatic ring is 1. The van der Waals surface area contributed by atoms with Crippen LogP contribution in [-0.2, 0) is 7.05 Å². The summed E-state index contributed by atoms with van der Waals surface area (Å²) in [5.74, 6) is 1.44. The molecular formula is C12H12N6. The van der Waals surface area contributed by atoms with Crippen molar-refractivity contribution in [2.45, 2.75) is 0 Å². The van der Waals surface area contributed by atoms with Crippen molar-refractivity contribution >= 4 is 28.2 Å². The lowest BCUT2D eigenvalue weighted by molar-refractivity contribution is 0.771. The lowest BCUT2D eigenvalue weighted by Gasteiger charge is -2.06. The molecule has 0 aliphatic rings. The van der Waals surface area contributed by atoms with Gasteiger partial charge in [0.1, 0.15) is 12.1 Å². The van der Waals surface area contributed by atoms with E-state index in [0.29, 0.717) is 11.5 Å². The first-order valence-corrected chi connectivity index (χ1v) is 5.49. The van der Waals surface area contributed by atoms with E-state index in [9.17, 15) is 0 Å². The van der Waals surface area contributed by atoms with Crippen LogP contribution in [-0.4, -0.2) is 19.7 Å². The van der Waals surface area contributed by atoms with Crippen LogP contribution in [0, 0.1) is 0 Å². The molecule has 0 spiro atoms. The number of nitrogens with two attached hydrogens (primary N) is 1. The van der Waals surface area contributed by atoms with Gasteiger partial charge in [0.25, 0.3) is 0 Å². The molecule has 90 valence electrons. The standard InChI is InChI=1S/C12H12N6/c1-18-5-4-11(17-18)16-12-9-6-8(13)2-3-10(9)14-7-15-12/h2-7H,13H2,1H3,(H,14,15,16,17). The number of nitrogens with one attached hydrogen (secondary N) is 1. The topological polar surface area (TPSA) is 81.7 Å². The zero-order valence-corrected chi connectivity index (χ0v) is 9.83. The monoisotopic (exact) mass is 240 g/mol. The first kappa shape index (κ1) is 10.5. The Labute approximate surface area is 103 Å². The fraction of sp³-hybridized carbons (Fsp3) is 0.0833. The number of hydrogen-bond donors (Lipinski definition) is 2. The number of anilines is 3. The van der Waals surface area contributed by atoms with E-state index >= 15 is 0 Å². The molecule has 1 aromatic carbocycles. The molecule has 3 aromatic rings. The van der Waals surface area contributed by atoms with E-state index < -0.39 is 0 Å². The third-order valence-corrected chi connectivity index (χ3v) is 2.62. The van der Waals surface area contributed by atoms with Crippen LogP contribution in [0.2, 0.25) is 0 Å². The summed E-state index contributed by atoms with van der Waals surface area (Å²) in [5, 5.41) is 8.28. The Morgan fingerprint density at radius 1 is 1.22 bits per heavy atom. The maximum atomic E-state index is 5.79. The summed E-state index contributed by atoms with van der Waals surface area (Å²) >= 11 is 0. The van der Waals surface area contributed by atoms with Gasteiger partial charge in [-0.3, -0.25) is 4.68 Å². The van der Waals surface area contributed by atoms with Crippen molar-refractivity contribution in [2.75, 3.05) is 11.1 Å². The number of aryl methyl sites for hydroxylation is 1. The molecule has 18 heavy (non-hydrogen) atoms. The van der Waals surface area contributed by atoms with Crippen molar-refractivity contribution < 1.29 is 0 Å². The highest BCUT2D eigenvalue weighted by atomic mass is 15.3. The molecule has 6 nitrogen and oxygen atoms in total. The molecule has 6 heteroatoms. The second-order valence-corrected chi connectivity index (χ2v) is 4.00. The highest BCUT2D eigenvalue weighted by Crippen LogP contribution is 2.23. The second kappa shape index (κ2) is 3.99. The van der Waals surface area contributed by atoms with Crippen LogP contribution < -0.4 is 11.1 Å². The smallest absolute Gasteiger partial charge is 0.153 e. The van der Waals surface area contributed by atoms with Gasteiger partial charge in [-0.2, -0.15) is 5.10 Å². The third kappa shape index (κ3) is 1.84. The Morgan fingerprint density at radius 3 is 2.89 bits per heavy atom. The van der Waals surface area contributed by atoms with E-state index in [1.165, 1.54) is 6.33 Å². The average molecular weight is 240 g/mol. The molecule has 0 atom stereocenters. The molecule has 0 amide bonds. The zero-order valence-electron chi connectivity index (χ0n) is 9.83. The number of aromatic nitrogens is 4. The van der Waals surface area contributed by atoms with Crippen LogP contribution in [0.1, 0.15) is 0 Å². The Morgan fingerprint density at radius 2 is 2.11 bits per heavy atom. The van der Waals surface area contributed by atoms with Crippen molar-refractivity contribution in [2.24, 2.45) is 7.05 Å². The summed E-state index contributed by atoms with van der Waals surface area (Å²) < 4.78 is 1.72. The Bertz CT molecular complexity index is 703. The Hall–Kier alpha value is -2.63. The van der Waals surface area contributed by atoms with Gasteiger partial charge in [0.15, 0.2) is 5.82 Å². The maximum absolute atomic E-state index is 5.79. The van der Waals surface area contributed by atoms with Gasteiger partial charge >= 0.3 is 0 Å². The molecule has 0 saturated carbocycles. The molecule has 0 unspecified atom stereocenters. The molecule has 2 heterocycles. The minimum absolute atomic E-state index is 0.682. The molecule has 0 saturated heterocycles. The summed E-state index contributed by atoms with van der Waals surface area (Å²) in [5.41, 5.74) is 7.31. The maximum Gasteiger partial charge on any atom is 0.153 e. The van der Waals surface area contributed by atoms with Crippen LogP contribution >= 0.6 is 0 Å². The van der Waals surface area contributed by atoms with Gasteiger partial charge in [0, 0.05) is 30.4 Å². The van der Waals surface area contributed by atoms with Gasteiger partial charge in [-0.25, -0.2) is 9.97 Å². The van der Waals surface area contributed by atoms with E-state index in [0.717, 1.165) is 16.7 Å². The van der Waals surface area contributed by atoms with Crippen molar-refractivity contribution in [3.05, 3.63) is 36.8 Å². The van der Waals surface area contributed by atoms with E-state index in [1.807, 2.05) is 37.5 Å². The van der Waals surface area contributed by atoms with E-state index in [1.54, 1.807) is 4.68 Å². The van der Waals surface area contributed by atoms with Crippen LogP contribution in [0.3, 0.4) is 0 Å². The van der Waals surface area contributed by atoms with Crippen molar-refractivity contribution in [3.8, 4) is 0 Å². The lowest BCUT2D eigenvalue weighted by Crippen LogP contribution is -1.98. The number of hydrogen-bond acceptors (Lipinski definition) is 5. The highest BCUT2D eigenvalue weighted by Gasteiger charge is 2.05. The first-order valence-electron chi connectivity index (χ1n) is 5.49. The van der Waals surface area contributed by atoms with Crippen molar-refractivity contribution in [1.29, 1.82) is 0 Å². The van der Waals surface area contributed by atoms with Gasteiger partial charge in [-0.1, -0.05) is 0 Å². The molecule has 2 aromatic heterocycles. The molecule has 0 aliphatic carbocycles. The Kier molecular flexibility index (Phi) is 2.33. The Balaban J connectivity index is 2.08. The molecule has 3 rings (SSSR count). The van der Waals surface area contributed by atoms with E-state index in [-0.39, 0.29) is 0 Å². The zero-order chi connectivity index (χ0) is 12.5. The highest BCUT2D eigenvalue weighted by molar-refractivity contribution is 5.92. The number of rotatable bonds is 2. The van der Waals surface area contributed by atoms with Gasteiger partial charge in [0.05, 0.1) is 5.52 Å². The largest absolute Gasteiger partial charge is 0.399 e. The normalized spacial score (nSPS) is 10.7. The van der Waals surface area contributed by atoms with Gasteiger partial charge in [-0.05, 0) is 18.2 Å². The predicted octanol–water partition coefficient (Wildman–Crippen LogP) is 1.69. The van der Waals surface area contributed by atoms with Crippen molar-refractivity contribution in [1.82, 2.24) is 19.7 Å². The summed E-state index contributed by atoms with van der Waals surface area (Å²) in [7, 11) is 1.86. The van der Waals surface area contributed by atoms with Gasteiger partial charge in [0.2, 0.25) is 0 Å². The molecular weight excluding hydrogens is 228 g/mol. The lowest BCUT2D eigenvalue weighted by atomic mass is 10.2. The van der Waals surface area contributed by atoms with Crippen LogP contribution in [0.15, 0.2) is 36.8 Å². The minimum atomic E-state index is 0.682.